The van der Waals surface area contributed by atoms with Crippen molar-refractivity contribution in [2.24, 2.45) is 11.8 Å². The average Bonchev–Trinajstić information content (AvgIpc) is 3.46. The summed E-state index contributed by atoms with van der Waals surface area (Å²) in [5.41, 5.74) is 2.06. The van der Waals surface area contributed by atoms with Crippen LogP contribution in [0.5, 0.6) is 0 Å². The number of rotatable bonds is 8. The quantitative estimate of drug-likeness (QED) is 0.730. The Bertz CT molecular complexity index is 725. The Kier molecular flexibility index (Phi) is 6.45. The number of amides is 2. The zero-order chi connectivity index (χ0) is 19.2. The second kappa shape index (κ2) is 9.00. The molecule has 0 heterocycles. The van der Waals surface area contributed by atoms with Crippen molar-refractivity contribution in [2.45, 2.75) is 19.3 Å². The van der Waals surface area contributed by atoms with Gasteiger partial charge in [-0.3, -0.25) is 9.59 Å². The highest BCUT2D eigenvalue weighted by Crippen LogP contribution is 2.38. The Morgan fingerprint density at radius 3 is 1.78 bits per heavy atom. The summed E-state index contributed by atoms with van der Waals surface area (Å²) in [4.78, 5) is 24.3. The van der Waals surface area contributed by atoms with Gasteiger partial charge in [0.15, 0.2) is 0 Å². The van der Waals surface area contributed by atoms with Crippen LogP contribution in [-0.4, -0.2) is 24.9 Å². The second-order valence-corrected chi connectivity index (χ2v) is 7.22. The Hall–Kier alpha value is -2.40. The lowest BCUT2D eigenvalue weighted by Crippen LogP contribution is -2.32. The van der Waals surface area contributed by atoms with Crippen LogP contribution in [0, 0.1) is 17.7 Å². The molecule has 6 heteroatoms. The van der Waals surface area contributed by atoms with Gasteiger partial charge in [0.05, 0.1) is 11.8 Å². The molecule has 0 bridgehead atoms. The maximum Gasteiger partial charge on any atom is 0.223 e. The maximum atomic E-state index is 12.9. The highest BCUT2D eigenvalue weighted by Gasteiger charge is 2.47. The molecule has 27 heavy (non-hydrogen) atoms. The predicted octanol–water partition coefficient (Wildman–Crippen LogP) is 3.13. The molecule has 1 saturated carbocycles. The summed E-state index contributed by atoms with van der Waals surface area (Å²) in [6, 6.07) is 13.7. The van der Waals surface area contributed by atoms with Crippen LogP contribution in [0.15, 0.2) is 48.5 Å². The van der Waals surface area contributed by atoms with Crippen molar-refractivity contribution in [2.75, 3.05) is 13.1 Å². The van der Waals surface area contributed by atoms with E-state index in [-0.39, 0.29) is 29.5 Å². The molecule has 1 aliphatic carbocycles. The van der Waals surface area contributed by atoms with E-state index in [0.717, 1.165) is 17.5 Å². The molecule has 2 aromatic rings. The molecule has 3 rings (SSSR count). The van der Waals surface area contributed by atoms with Crippen molar-refractivity contribution in [3.8, 4) is 0 Å². The minimum atomic E-state index is -0.273. The van der Waals surface area contributed by atoms with Crippen LogP contribution in [0.2, 0.25) is 5.02 Å². The summed E-state index contributed by atoms with van der Waals surface area (Å²) in [5.74, 6) is -0.905. The van der Waals surface area contributed by atoms with E-state index in [1.54, 1.807) is 12.1 Å². The monoisotopic (exact) mass is 388 g/mol. The minimum absolute atomic E-state index is 0.0670. The molecule has 0 radical (unpaired) electrons. The van der Waals surface area contributed by atoms with Crippen LogP contribution >= 0.6 is 11.6 Å². The van der Waals surface area contributed by atoms with E-state index in [0.29, 0.717) is 31.0 Å². The van der Waals surface area contributed by atoms with Crippen LogP contribution < -0.4 is 10.6 Å². The van der Waals surface area contributed by atoms with Gasteiger partial charge in [-0.1, -0.05) is 35.9 Å². The van der Waals surface area contributed by atoms with Gasteiger partial charge in [0.25, 0.3) is 0 Å². The average molecular weight is 389 g/mol. The molecule has 0 spiro atoms. The SMILES string of the molecule is O=C(NCCc1ccc(F)cc1)C1CC1C(=O)NCCc1ccc(Cl)cc1. The predicted molar refractivity (Wildman–Crippen MR) is 103 cm³/mol. The highest BCUT2D eigenvalue weighted by molar-refractivity contribution is 6.30. The molecule has 0 aliphatic heterocycles. The highest BCUT2D eigenvalue weighted by atomic mass is 35.5. The Morgan fingerprint density at radius 1 is 0.852 bits per heavy atom. The van der Waals surface area contributed by atoms with Gasteiger partial charge in [-0.15, -0.1) is 0 Å². The zero-order valence-electron chi connectivity index (χ0n) is 14.9. The molecular weight excluding hydrogens is 367 g/mol. The number of hydrogen-bond acceptors (Lipinski definition) is 2. The summed E-state index contributed by atoms with van der Waals surface area (Å²) in [7, 11) is 0. The first kappa shape index (κ1) is 19.4. The molecule has 2 unspecified atom stereocenters. The lowest BCUT2D eigenvalue weighted by Gasteiger charge is -2.07. The van der Waals surface area contributed by atoms with Crippen molar-refractivity contribution >= 4 is 23.4 Å². The first-order valence-corrected chi connectivity index (χ1v) is 9.45. The molecule has 1 aliphatic rings. The zero-order valence-corrected chi connectivity index (χ0v) is 15.6. The molecule has 0 saturated heterocycles. The Labute approximate surface area is 163 Å². The van der Waals surface area contributed by atoms with Gasteiger partial charge in [0, 0.05) is 18.1 Å². The number of halogens is 2. The van der Waals surface area contributed by atoms with E-state index in [2.05, 4.69) is 10.6 Å². The summed E-state index contributed by atoms with van der Waals surface area (Å²) in [5, 5.41) is 6.44. The largest absolute Gasteiger partial charge is 0.356 e. The maximum absolute atomic E-state index is 12.9. The second-order valence-electron chi connectivity index (χ2n) is 6.78. The molecule has 1 fully saturated rings. The summed E-state index contributed by atoms with van der Waals surface area (Å²) in [6.45, 7) is 1.02. The molecular formula is C21H22ClFN2O2. The topological polar surface area (TPSA) is 58.2 Å². The summed E-state index contributed by atoms with van der Waals surface area (Å²) >= 11 is 5.85. The number of benzene rings is 2. The van der Waals surface area contributed by atoms with E-state index in [1.807, 2.05) is 24.3 Å². The van der Waals surface area contributed by atoms with Crippen LogP contribution in [0.4, 0.5) is 4.39 Å². The van der Waals surface area contributed by atoms with Gasteiger partial charge in [0.2, 0.25) is 11.8 Å². The van der Waals surface area contributed by atoms with Crippen molar-refractivity contribution < 1.29 is 14.0 Å². The van der Waals surface area contributed by atoms with Gasteiger partial charge in [-0.05, 0) is 54.7 Å². The lowest BCUT2D eigenvalue weighted by molar-refractivity contribution is -0.127. The molecule has 2 aromatic carbocycles. The van der Waals surface area contributed by atoms with Crippen LogP contribution in [-0.2, 0) is 22.4 Å². The molecule has 2 N–H and O–H groups in total. The van der Waals surface area contributed by atoms with Gasteiger partial charge >= 0.3 is 0 Å². The minimum Gasteiger partial charge on any atom is -0.356 e. The van der Waals surface area contributed by atoms with E-state index >= 15 is 0 Å². The third-order valence-electron chi connectivity index (χ3n) is 4.72. The summed E-state index contributed by atoms with van der Waals surface area (Å²) < 4.78 is 12.9. The normalized spacial score (nSPS) is 18.0. The standard InChI is InChI=1S/C21H22ClFN2O2/c22-16-5-1-14(2-6-16)9-11-24-20(26)18-13-19(18)21(27)25-12-10-15-3-7-17(23)8-4-15/h1-8,18-19H,9-13H2,(H,24,26)(H,25,27). The Balaban J connectivity index is 1.33. The molecule has 4 nitrogen and oxygen atoms in total. The number of nitrogens with one attached hydrogen (secondary N) is 2. The van der Waals surface area contributed by atoms with Crippen LogP contribution in [0.25, 0.3) is 0 Å². The van der Waals surface area contributed by atoms with Crippen LogP contribution in [0.3, 0.4) is 0 Å². The molecule has 2 amide bonds. The fourth-order valence-corrected chi connectivity index (χ4v) is 3.12. The smallest absolute Gasteiger partial charge is 0.223 e. The first-order chi connectivity index (χ1) is 13.0. The fourth-order valence-electron chi connectivity index (χ4n) is 3.00. The number of carbonyl (C=O) groups is 2. The third-order valence-corrected chi connectivity index (χ3v) is 4.97. The molecule has 0 aromatic heterocycles. The van der Waals surface area contributed by atoms with Crippen LogP contribution in [0.1, 0.15) is 17.5 Å². The van der Waals surface area contributed by atoms with Crippen molar-refractivity contribution in [1.82, 2.24) is 10.6 Å². The number of carbonyl (C=O) groups excluding carboxylic acids is 2. The van der Waals surface area contributed by atoms with Crippen molar-refractivity contribution in [1.29, 1.82) is 0 Å². The van der Waals surface area contributed by atoms with Gasteiger partial charge in [0.1, 0.15) is 5.82 Å². The van der Waals surface area contributed by atoms with E-state index < -0.39 is 0 Å². The first-order valence-electron chi connectivity index (χ1n) is 9.07. The fraction of sp³-hybridized carbons (Fsp3) is 0.333. The lowest BCUT2D eigenvalue weighted by atomic mass is 10.1. The van der Waals surface area contributed by atoms with E-state index in [4.69, 9.17) is 11.6 Å². The van der Waals surface area contributed by atoms with Crippen molar-refractivity contribution in [3.63, 3.8) is 0 Å². The van der Waals surface area contributed by atoms with E-state index in [9.17, 15) is 14.0 Å². The van der Waals surface area contributed by atoms with Gasteiger partial charge in [-0.25, -0.2) is 4.39 Å². The molecule has 2 atom stereocenters. The molecule has 142 valence electrons. The third kappa shape index (κ3) is 5.79. The van der Waals surface area contributed by atoms with Gasteiger partial charge < -0.3 is 10.6 Å². The number of hydrogen-bond donors (Lipinski definition) is 2. The van der Waals surface area contributed by atoms with Crippen molar-refractivity contribution in [3.05, 3.63) is 70.5 Å². The Morgan fingerprint density at radius 2 is 1.30 bits per heavy atom. The van der Waals surface area contributed by atoms with E-state index in [1.165, 1.54) is 12.1 Å². The van der Waals surface area contributed by atoms with Gasteiger partial charge in [-0.2, -0.15) is 0 Å². The summed E-state index contributed by atoms with van der Waals surface area (Å²) in [6.07, 6.45) is 1.95.